The van der Waals surface area contributed by atoms with Crippen molar-refractivity contribution in [3.63, 3.8) is 0 Å². The lowest BCUT2D eigenvalue weighted by Gasteiger charge is -2.34. The van der Waals surface area contributed by atoms with Crippen molar-refractivity contribution in [3.8, 4) is 0 Å². The van der Waals surface area contributed by atoms with Gasteiger partial charge in [-0.15, -0.1) is 0 Å². The number of hydrogen-bond donors (Lipinski definition) is 1. The number of benzene rings is 1. The first-order valence-electron chi connectivity index (χ1n) is 7.08. The van der Waals surface area contributed by atoms with Crippen LogP contribution in [-0.4, -0.2) is 25.8 Å². The van der Waals surface area contributed by atoms with Crippen molar-refractivity contribution < 1.29 is 8.42 Å². The smallest absolute Gasteiger partial charge is 0.243 e. The van der Waals surface area contributed by atoms with Crippen LogP contribution in [-0.2, 0) is 10.0 Å². The molecule has 20 heavy (non-hydrogen) atoms. The maximum Gasteiger partial charge on any atom is 0.243 e. The first-order valence-corrected chi connectivity index (χ1v) is 8.52. The lowest BCUT2D eigenvalue weighted by molar-refractivity contribution is 0.222. The van der Waals surface area contributed by atoms with Crippen molar-refractivity contribution in [2.45, 2.75) is 39.0 Å². The van der Waals surface area contributed by atoms with Gasteiger partial charge in [0.2, 0.25) is 10.0 Å². The molecule has 0 aromatic heterocycles. The van der Waals surface area contributed by atoms with E-state index in [9.17, 15) is 8.42 Å². The molecule has 1 saturated heterocycles. The predicted molar refractivity (Wildman–Crippen MR) is 82.0 cm³/mol. The van der Waals surface area contributed by atoms with E-state index in [0.29, 0.717) is 35.5 Å². The predicted octanol–water partition coefficient (Wildman–Crippen LogP) is 2.55. The number of sulfonamides is 1. The van der Waals surface area contributed by atoms with Gasteiger partial charge in [0.15, 0.2) is 0 Å². The van der Waals surface area contributed by atoms with Gasteiger partial charge >= 0.3 is 0 Å². The highest BCUT2D eigenvalue weighted by atomic mass is 32.2. The molecule has 1 aromatic carbocycles. The second kappa shape index (κ2) is 5.37. The van der Waals surface area contributed by atoms with Crippen LogP contribution in [0.4, 0.5) is 5.69 Å². The van der Waals surface area contributed by atoms with E-state index in [2.05, 4.69) is 13.8 Å². The monoisotopic (exact) mass is 296 g/mol. The van der Waals surface area contributed by atoms with Gasteiger partial charge in [0, 0.05) is 18.8 Å². The number of hydrogen-bond acceptors (Lipinski definition) is 3. The summed E-state index contributed by atoms with van der Waals surface area (Å²) in [6, 6.07) is 3.31. The molecule has 1 heterocycles. The molecule has 5 heteroatoms. The van der Waals surface area contributed by atoms with Crippen molar-refractivity contribution in [2.24, 2.45) is 11.8 Å². The molecule has 0 bridgehead atoms. The van der Waals surface area contributed by atoms with E-state index >= 15 is 0 Å². The highest BCUT2D eigenvalue weighted by molar-refractivity contribution is 7.89. The molecule has 2 rings (SSSR count). The van der Waals surface area contributed by atoms with Gasteiger partial charge in [0.05, 0.1) is 4.90 Å². The number of aryl methyl sites for hydroxylation is 1. The summed E-state index contributed by atoms with van der Waals surface area (Å²) in [5.41, 5.74) is 8.33. The molecule has 4 nitrogen and oxygen atoms in total. The van der Waals surface area contributed by atoms with Crippen molar-refractivity contribution in [1.29, 1.82) is 0 Å². The summed E-state index contributed by atoms with van der Waals surface area (Å²) in [6.45, 7) is 9.21. The van der Waals surface area contributed by atoms with Gasteiger partial charge < -0.3 is 5.73 Å². The van der Waals surface area contributed by atoms with E-state index < -0.39 is 10.0 Å². The Bertz CT molecular complexity index is 577. The van der Waals surface area contributed by atoms with Gasteiger partial charge in [-0.3, -0.25) is 0 Å². The highest BCUT2D eigenvalue weighted by Gasteiger charge is 2.32. The molecule has 0 radical (unpaired) electrons. The quantitative estimate of drug-likeness (QED) is 0.853. The number of nitrogens with zero attached hydrogens (tertiary/aromatic N) is 1. The van der Waals surface area contributed by atoms with Crippen molar-refractivity contribution in [3.05, 3.63) is 23.3 Å². The minimum atomic E-state index is -3.44. The highest BCUT2D eigenvalue weighted by Crippen LogP contribution is 2.29. The third-order valence-electron chi connectivity index (χ3n) is 4.15. The summed E-state index contributed by atoms with van der Waals surface area (Å²) in [6.07, 6.45) is 1.08. The van der Waals surface area contributed by atoms with Crippen LogP contribution in [0.5, 0.6) is 0 Å². The Balaban J connectivity index is 2.40. The summed E-state index contributed by atoms with van der Waals surface area (Å²) in [5.74, 6) is 0.801. The Morgan fingerprint density at radius 1 is 1.15 bits per heavy atom. The third kappa shape index (κ3) is 2.83. The van der Waals surface area contributed by atoms with Crippen molar-refractivity contribution >= 4 is 15.7 Å². The number of rotatable bonds is 2. The average Bonchev–Trinajstić information content (AvgIpc) is 2.34. The summed E-state index contributed by atoms with van der Waals surface area (Å²) < 4.78 is 27.1. The van der Waals surface area contributed by atoms with Crippen LogP contribution in [0, 0.1) is 25.7 Å². The molecule has 0 aliphatic carbocycles. The number of nitrogens with two attached hydrogens (primary N) is 1. The zero-order valence-electron chi connectivity index (χ0n) is 12.7. The zero-order valence-corrected chi connectivity index (χ0v) is 13.5. The van der Waals surface area contributed by atoms with Crippen molar-refractivity contribution in [2.75, 3.05) is 18.8 Å². The van der Waals surface area contributed by atoms with E-state index in [0.717, 1.165) is 17.5 Å². The van der Waals surface area contributed by atoms with E-state index in [1.165, 1.54) is 0 Å². The Kier molecular flexibility index (Phi) is 4.12. The maximum absolute atomic E-state index is 12.8. The molecule has 0 spiro atoms. The van der Waals surface area contributed by atoms with Gasteiger partial charge in [-0.05, 0) is 55.4 Å². The summed E-state index contributed by atoms with van der Waals surface area (Å²) in [4.78, 5) is 0.319. The van der Waals surface area contributed by atoms with Gasteiger partial charge in [-0.1, -0.05) is 13.8 Å². The first-order chi connectivity index (χ1) is 9.21. The van der Waals surface area contributed by atoms with Crippen LogP contribution >= 0.6 is 0 Å². The standard InChI is InChI=1S/C15H24N2O2S/c1-10-5-11(2)9-17(8-10)20(18,19)14-6-12(3)13(4)15(16)7-14/h6-7,10-11H,5,8-9,16H2,1-4H3. The number of nitrogen functional groups attached to an aromatic ring is 1. The lowest BCUT2D eigenvalue weighted by atomic mass is 9.94. The van der Waals surface area contributed by atoms with Crippen LogP contribution in [0.1, 0.15) is 31.4 Å². The van der Waals surface area contributed by atoms with E-state index in [4.69, 9.17) is 5.73 Å². The van der Waals surface area contributed by atoms with E-state index in [-0.39, 0.29) is 0 Å². The molecule has 0 amide bonds. The van der Waals surface area contributed by atoms with Crippen LogP contribution in [0.15, 0.2) is 17.0 Å². The fourth-order valence-corrected chi connectivity index (χ4v) is 4.75. The Morgan fingerprint density at radius 3 is 2.20 bits per heavy atom. The summed E-state index contributed by atoms with van der Waals surface area (Å²) in [7, 11) is -3.44. The van der Waals surface area contributed by atoms with E-state index in [1.807, 2.05) is 13.8 Å². The van der Waals surface area contributed by atoms with Crippen LogP contribution in [0.2, 0.25) is 0 Å². The molecule has 1 aromatic rings. The molecule has 1 fully saturated rings. The Labute approximate surface area is 122 Å². The van der Waals surface area contributed by atoms with Gasteiger partial charge in [0.1, 0.15) is 0 Å². The largest absolute Gasteiger partial charge is 0.398 e. The molecule has 2 atom stereocenters. The topological polar surface area (TPSA) is 63.4 Å². The normalized spacial score (nSPS) is 24.8. The second-order valence-electron chi connectivity index (χ2n) is 6.22. The minimum Gasteiger partial charge on any atom is -0.398 e. The molecule has 1 aliphatic heterocycles. The molecule has 2 N–H and O–H groups in total. The molecule has 112 valence electrons. The number of anilines is 1. The lowest BCUT2D eigenvalue weighted by Crippen LogP contribution is -2.42. The van der Waals surface area contributed by atoms with Crippen LogP contribution in [0.25, 0.3) is 0 Å². The average molecular weight is 296 g/mol. The van der Waals surface area contributed by atoms with E-state index in [1.54, 1.807) is 16.4 Å². The van der Waals surface area contributed by atoms with Crippen molar-refractivity contribution in [1.82, 2.24) is 4.31 Å². The Morgan fingerprint density at radius 2 is 1.70 bits per heavy atom. The van der Waals surface area contributed by atoms with Gasteiger partial charge in [-0.25, -0.2) is 8.42 Å². The third-order valence-corrected chi connectivity index (χ3v) is 5.96. The van der Waals surface area contributed by atoms with Crippen LogP contribution < -0.4 is 5.73 Å². The summed E-state index contributed by atoms with van der Waals surface area (Å²) in [5, 5.41) is 0. The second-order valence-corrected chi connectivity index (χ2v) is 8.16. The molecular weight excluding hydrogens is 272 g/mol. The molecule has 0 saturated carbocycles. The SMILES string of the molecule is Cc1cc(S(=O)(=O)N2CC(C)CC(C)C2)cc(N)c1C. The zero-order chi connectivity index (χ0) is 15.1. The maximum atomic E-state index is 12.8. The minimum absolute atomic E-state index is 0.319. The Hall–Kier alpha value is -1.07. The number of piperidine rings is 1. The summed E-state index contributed by atoms with van der Waals surface area (Å²) >= 11 is 0. The molecular formula is C15H24N2O2S. The fourth-order valence-electron chi connectivity index (χ4n) is 2.95. The van der Waals surface area contributed by atoms with Gasteiger partial charge in [-0.2, -0.15) is 4.31 Å². The first kappa shape index (κ1) is 15.3. The fraction of sp³-hybridized carbons (Fsp3) is 0.600. The van der Waals surface area contributed by atoms with Crippen LogP contribution in [0.3, 0.4) is 0 Å². The molecule has 2 unspecified atom stereocenters. The van der Waals surface area contributed by atoms with Gasteiger partial charge in [0.25, 0.3) is 0 Å². The molecule has 1 aliphatic rings.